The molecule has 2 atom stereocenters. The number of benzene rings is 1. The molecule has 28 heavy (non-hydrogen) atoms. The molecule has 3 N–H and O–H groups in total. The number of likely N-dealkylation sites (tertiary alicyclic amines) is 1. The summed E-state index contributed by atoms with van der Waals surface area (Å²) in [5, 5.41) is 17.2. The fourth-order valence-corrected chi connectivity index (χ4v) is 3.06. The monoisotopic (exact) mass is 410 g/mol. The molecule has 1 aromatic carbocycles. The number of guanidine groups is 1. The number of alkyl carbamates (subject to hydrolysis) is 1. The summed E-state index contributed by atoms with van der Waals surface area (Å²) in [6.07, 6.45) is -0.299. The smallest absolute Gasteiger partial charge is 0.407 e. The van der Waals surface area contributed by atoms with Crippen molar-refractivity contribution in [1.29, 1.82) is 0 Å². The van der Waals surface area contributed by atoms with Gasteiger partial charge in [-0.3, -0.25) is 4.99 Å². The number of carbonyl (C=O) groups is 1. The molecule has 8 heteroatoms. The van der Waals surface area contributed by atoms with Gasteiger partial charge in [0.15, 0.2) is 5.96 Å². The number of nitrogens with one attached hydrogen (secondary N) is 2. The molecule has 1 amide bonds. The minimum atomic E-state index is -0.704. The van der Waals surface area contributed by atoms with E-state index in [-0.39, 0.29) is 12.6 Å². The van der Waals surface area contributed by atoms with Crippen molar-refractivity contribution < 1.29 is 14.6 Å². The predicted molar refractivity (Wildman–Crippen MR) is 112 cm³/mol. The summed E-state index contributed by atoms with van der Waals surface area (Å²) >= 11 is 5.89. The van der Waals surface area contributed by atoms with Gasteiger partial charge in [0, 0.05) is 24.7 Å². The van der Waals surface area contributed by atoms with E-state index in [9.17, 15) is 9.90 Å². The maximum Gasteiger partial charge on any atom is 0.407 e. The molecule has 156 valence electrons. The fourth-order valence-electron chi connectivity index (χ4n) is 2.93. The van der Waals surface area contributed by atoms with Gasteiger partial charge in [0.2, 0.25) is 0 Å². The van der Waals surface area contributed by atoms with E-state index in [1.165, 1.54) is 0 Å². The number of aliphatic hydroxyl groups excluding tert-OH is 1. The van der Waals surface area contributed by atoms with E-state index in [1.54, 1.807) is 24.3 Å². The van der Waals surface area contributed by atoms with Gasteiger partial charge in [-0.25, -0.2) is 4.79 Å². The first-order valence-electron chi connectivity index (χ1n) is 9.64. The first kappa shape index (κ1) is 22.3. The number of ether oxygens (including phenoxy) is 1. The van der Waals surface area contributed by atoms with Crippen molar-refractivity contribution in [2.24, 2.45) is 4.99 Å². The van der Waals surface area contributed by atoms with Crippen LogP contribution >= 0.6 is 11.6 Å². The lowest BCUT2D eigenvalue weighted by Gasteiger charge is -2.23. The lowest BCUT2D eigenvalue weighted by atomic mass is 10.1. The number of hydrogen-bond acceptors (Lipinski definition) is 4. The molecule has 2 unspecified atom stereocenters. The predicted octanol–water partition coefficient (Wildman–Crippen LogP) is 2.94. The summed E-state index contributed by atoms with van der Waals surface area (Å²) in [5.41, 5.74) is 0.256. The topological polar surface area (TPSA) is 86.2 Å². The van der Waals surface area contributed by atoms with Gasteiger partial charge in [0.1, 0.15) is 5.60 Å². The Hall–Kier alpha value is -1.99. The van der Waals surface area contributed by atoms with E-state index >= 15 is 0 Å². The zero-order valence-electron chi connectivity index (χ0n) is 17.0. The normalized spacial score (nSPS) is 18.7. The zero-order chi connectivity index (χ0) is 20.7. The van der Waals surface area contributed by atoms with Gasteiger partial charge >= 0.3 is 6.09 Å². The number of nitrogens with zero attached hydrogens (tertiary/aromatic N) is 2. The van der Waals surface area contributed by atoms with Crippen molar-refractivity contribution in [3.8, 4) is 0 Å². The number of halogens is 1. The van der Waals surface area contributed by atoms with Crippen molar-refractivity contribution in [3.63, 3.8) is 0 Å². The van der Waals surface area contributed by atoms with Gasteiger partial charge in [0.25, 0.3) is 0 Å². The molecule has 7 nitrogen and oxygen atoms in total. The molecule has 0 bridgehead atoms. The minimum Gasteiger partial charge on any atom is -0.444 e. The highest BCUT2D eigenvalue weighted by Crippen LogP contribution is 2.17. The van der Waals surface area contributed by atoms with E-state index in [2.05, 4.69) is 20.5 Å². The molecule has 0 radical (unpaired) electrons. The number of rotatable bonds is 5. The molecule has 0 saturated carbocycles. The summed E-state index contributed by atoms with van der Waals surface area (Å²) in [4.78, 5) is 18.6. The molecule has 0 aliphatic carbocycles. The highest BCUT2D eigenvalue weighted by Gasteiger charge is 2.28. The van der Waals surface area contributed by atoms with Crippen LogP contribution in [0.4, 0.5) is 4.79 Å². The molecule has 0 aromatic heterocycles. The van der Waals surface area contributed by atoms with Crippen LogP contribution in [-0.2, 0) is 4.74 Å². The van der Waals surface area contributed by atoms with E-state index in [0.29, 0.717) is 11.6 Å². The Morgan fingerprint density at radius 3 is 2.68 bits per heavy atom. The Morgan fingerprint density at radius 2 is 2.07 bits per heavy atom. The van der Waals surface area contributed by atoms with Crippen LogP contribution in [0.1, 0.15) is 45.8 Å². The Kier molecular flexibility index (Phi) is 7.95. The highest BCUT2D eigenvalue weighted by atomic mass is 35.5. The molecule has 2 rings (SSSR count). The largest absolute Gasteiger partial charge is 0.444 e. The van der Waals surface area contributed by atoms with Gasteiger partial charge in [-0.1, -0.05) is 23.7 Å². The maximum atomic E-state index is 12.0. The maximum absolute atomic E-state index is 12.0. The first-order valence-corrected chi connectivity index (χ1v) is 10.0. The fraction of sp³-hybridized carbons (Fsp3) is 0.600. The van der Waals surface area contributed by atoms with E-state index in [4.69, 9.17) is 16.3 Å². The quantitative estimate of drug-likeness (QED) is 0.513. The van der Waals surface area contributed by atoms with E-state index in [0.717, 1.165) is 31.0 Å². The van der Waals surface area contributed by atoms with Crippen LogP contribution in [-0.4, -0.2) is 59.9 Å². The van der Waals surface area contributed by atoms with E-state index in [1.807, 2.05) is 27.7 Å². The van der Waals surface area contributed by atoms with Gasteiger partial charge in [-0.15, -0.1) is 0 Å². The number of amides is 1. The van der Waals surface area contributed by atoms with Gasteiger partial charge in [0.05, 0.1) is 18.7 Å². The van der Waals surface area contributed by atoms with Crippen LogP contribution in [0.2, 0.25) is 5.02 Å². The highest BCUT2D eigenvalue weighted by molar-refractivity contribution is 6.30. The number of carbonyl (C=O) groups excluding carboxylic acids is 1. The number of aliphatic imine (C=N–C) groups is 1. The number of hydrogen-bond donors (Lipinski definition) is 3. The van der Waals surface area contributed by atoms with Gasteiger partial charge < -0.3 is 25.4 Å². The lowest BCUT2D eigenvalue weighted by molar-refractivity contribution is 0.0507. The second kappa shape index (κ2) is 9.98. The van der Waals surface area contributed by atoms with Crippen molar-refractivity contribution in [2.75, 3.05) is 26.2 Å². The summed E-state index contributed by atoms with van der Waals surface area (Å²) < 4.78 is 5.32. The molecule has 1 fully saturated rings. The average molecular weight is 411 g/mol. The minimum absolute atomic E-state index is 0.0000974. The molecular formula is C20H31ClN4O3. The van der Waals surface area contributed by atoms with Crippen LogP contribution in [0, 0.1) is 0 Å². The lowest BCUT2D eigenvalue weighted by Crippen LogP contribution is -2.44. The first-order chi connectivity index (χ1) is 13.2. The summed E-state index contributed by atoms with van der Waals surface area (Å²) in [5.74, 6) is 0.726. The Morgan fingerprint density at radius 1 is 1.39 bits per heavy atom. The second-order valence-corrected chi connectivity index (χ2v) is 8.28. The third kappa shape index (κ3) is 7.20. The summed E-state index contributed by atoms with van der Waals surface area (Å²) in [6, 6.07) is 7.10. The van der Waals surface area contributed by atoms with Crippen molar-refractivity contribution in [3.05, 3.63) is 34.9 Å². The SMILES string of the molecule is CCNC(=NCC(O)c1ccc(Cl)cc1)N1CCC(NC(=O)OC(C)(C)C)C1. The summed E-state index contributed by atoms with van der Waals surface area (Å²) in [6.45, 7) is 9.89. The molecule has 1 saturated heterocycles. The van der Waals surface area contributed by atoms with Crippen LogP contribution in [0.25, 0.3) is 0 Å². The van der Waals surface area contributed by atoms with Gasteiger partial charge in [-0.05, 0) is 51.8 Å². The van der Waals surface area contributed by atoms with Crippen molar-refractivity contribution in [2.45, 2.75) is 51.9 Å². The second-order valence-electron chi connectivity index (χ2n) is 7.84. The van der Waals surface area contributed by atoms with E-state index < -0.39 is 17.8 Å². The number of aliphatic hydroxyl groups is 1. The molecule has 1 heterocycles. The Labute approximate surface area is 172 Å². The third-order valence-corrected chi connectivity index (χ3v) is 4.46. The third-order valence-electron chi connectivity index (χ3n) is 4.21. The molecule has 1 aliphatic heterocycles. The Bertz CT molecular complexity index is 673. The molecule has 1 aromatic rings. The van der Waals surface area contributed by atoms with Crippen LogP contribution in [0.15, 0.2) is 29.3 Å². The van der Waals surface area contributed by atoms with Crippen molar-refractivity contribution >= 4 is 23.7 Å². The van der Waals surface area contributed by atoms with Crippen LogP contribution in [0.5, 0.6) is 0 Å². The zero-order valence-corrected chi connectivity index (χ0v) is 17.8. The van der Waals surface area contributed by atoms with Crippen LogP contribution in [0.3, 0.4) is 0 Å². The van der Waals surface area contributed by atoms with Gasteiger partial charge in [-0.2, -0.15) is 0 Å². The summed E-state index contributed by atoms with van der Waals surface area (Å²) in [7, 11) is 0. The Balaban J connectivity index is 1.93. The van der Waals surface area contributed by atoms with Crippen LogP contribution < -0.4 is 10.6 Å². The molecule has 1 aliphatic rings. The van der Waals surface area contributed by atoms with Crippen molar-refractivity contribution in [1.82, 2.24) is 15.5 Å². The average Bonchev–Trinajstić information content (AvgIpc) is 3.05. The standard InChI is InChI=1S/C20H31ClN4O3/c1-5-22-18(23-12-17(26)14-6-8-15(21)9-7-14)25-11-10-16(13-25)24-19(27)28-20(2,3)4/h6-9,16-17,26H,5,10-13H2,1-4H3,(H,22,23)(H,24,27). The molecule has 0 spiro atoms. The molecular weight excluding hydrogens is 380 g/mol.